The van der Waals surface area contributed by atoms with Crippen LogP contribution in [0.5, 0.6) is 0 Å². The number of nitrogens with zero attached hydrogens (tertiary/aromatic N) is 3. The largest absolute Gasteiger partial charge is 0.357 e. The molecule has 2 aromatic rings. The Bertz CT molecular complexity index is 577. The van der Waals surface area contributed by atoms with Crippen molar-refractivity contribution in [3.63, 3.8) is 0 Å². The van der Waals surface area contributed by atoms with E-state index in [4.69, 9.17) is 4.98 Å². The topological polar surface area (TPSA) is 41.1 Å². The number of fused-ring (bicyclic) bond motifs is 1. The molecule has 0 unspecified atom stereocenters. The van der Waals surface area contributed by atoms with Crippen molar-refractivity contribution in [1.82, 2.24) is 9.97 Å². The molecule has 4 heteroatoms. The lowest BCUT2D eigenvalue weighted by Gasteiger charge is -2.24. The summed E-state index contributed by atoms with van der Waals surface area (Å²) in [6.07, 6.45) is 3.71. The highest BCUT2D eigenvalue weighted by Gasteiger charge is 2.30. The molecule has 0 bridgehead atoms. The second kappa shape index (κ2) is 5.03. The molecule has 0 radical (unpaired) electrons. The van der Waals surface area contributed by atoms with Crippen LogP contribution in [0.25, 0.3) is 10.9 Å². The van der Waals surface area contributed by atoms with Gasteiger partial charge in [0.15, 0.2) is 0 Å². The predicted octanol–water partition coefficient (Wildman–Crippen LogP) is 3.05. The lowest BCUT2D eigenvalue weighted by Crippen LogP contribution is -2.28. The van der Waals surface area contributed by atoms with E-state index in [1.165, 1.54) is 12.8 Å². The molecule has 100 valence electrons. The second-order valence-corrected chi connectivity index (χ2v) is 5.06. The summed E-state index contributed by atoms with van der Waals surface area (Å²) in [6, 6.07) is 8.93. The van der Waals surface area contributed by atoms with Crippen LogP contribution in [0, 0.1) is 0 Å². The molecule has 0 saturated heterocycles. The summed E-state index contributed by atoms with van der Waals surface area (Å²) in [6.45, 7) is 3.28. The summed E-state index contributed by atoms with van der Waals surface area (Å²) in [5.74, 6) is 1.79. The highest BCUT2D eigenvalue weighted by molar-refractivity contribution is 5.90. The fraction of sp³-hybridized carbons (Fsp3) is 0.467. The van der Waals surface area contributed by atoms with Crippen LogP contribution in [0.2, 0.25) is 0 Å². The van der Waals surface area contributed by atoms with E-state index in [1.807, 2.05) is 13.1 Å². The zero-order valence-electron chi connectivity index (χ0n) is 11.6. The minimum Gasteiger partial charge on any atom is -0.357 e. The van der Waals surface area contributed by atoms with Gasteiger partial charge in [-0.1, -0.05) is 19.1 Å². The average Bonchev–Trinajstić information content (AvgIpc) is 3.28. The minimum atomic E-state index is 0.669. The van der Waals surface area contributed by atoms with E-state index < -0.39 is 0 Å². The van der Waals surface area contributed by atoms with E-state index in [-0.39, 0.29) is 0 Å². The van der Waals surface area contributed by atoms with Crippen LogP contribution in [-0.2, 0) is 0 Å². The Kier molecular flexibility index (Phi) is 3.23. The van der Waals surface area contributed by atoms with Gasteiger partial charge in [-0.2, -0.15) is 4.98 Å². The Balaban J connectivity index is 2.13. The fourth-order valence-electron chi connectivity index (χ4n) is 2.48. The van der Waals surface area contributed by atoms with E-state index >= 15 is 0 Å². The van der Waals surface area contributed by atoms with Crippen LogP contribution in [0.15, 0.2) is 24.3 Å². The van der Waals surface area contributed by atoms with Crippen LogP contribution in [0.4, 0.5) is 11.8 Å². The fourth-order valence-corrected chi connectivity index (χ4v) is 2.48. The van der Waals surface area contributed by atoms with Crippen molar-refractivity contribution >= 4 is 22.7 Å². The third-order valence-electron chi connectivity index (χ3n) is 3.53. The third kappa shape index (κ3) is 2.35. The molecule has 0 amide bonds. The highest BCUT2D eigenvalue weighted by Crippen LogP contribution is 2.34. The van der Waals surface area contributed by atoms with Crippen molar-refractivity contribution < 1.29 is 0 Å². The summed E-state index contributed by atoms with van der Waals surface area (Å²) < 4.78 is 0. The van der Waals surface area contributed by atoms with Gasteiger partial charge in [0.1, 0.15) is 5.82 Å². The molecule has 0 atom stereocenters. The number of nitrogens with one attached hydrogen (secondary N) is 1. The first-order valence-corrected chi connectivity index (χ1v) is 7.04. The first-order valence-electron chi connectivity index (χ1n) is 7.04. The van der Waals surface area contributed by atoms with Crippen molar-refractivity contribution in [3.05, 3.63) is 24.3 Å². The molecule has 4 nitrogen and oxygen atoms in total. The van der Waals surface area contributed by atoms with Gasteiger partial charge in [-0.25, -0.2) is 4.98 Å². The maximum atomic E-state index is 4.70. The summed E-state index contributed by atoms with van der Waals surface area (Å²) in [7, 11) is 1.87. The number of anilines is 2. The smallest absolute Gasteiger partial charge is 0.224 e. The number of rotatable bonds is 5. The molecule has 3 rings (SSSR count). The van der Waals surface area contributed by atoms with Crippen molar-refractivity contribution in [1.29, 1.82) is 0 Å². The first-order chi connectivity index (χ1) is 9.33. The maximum absolute atomic E-state index is 4.70. The molecule has 1 fully saturated rings. The quantitative estimate of drug-likeness (QED) is 0.892. The first kappa shape index (κ1) is 12.2. The lowest BCUT2D eigenvalue weighted by atomic mass is 10.2. The van der Waals surface area contributed by atoms with Gasteiger partial charge >= 0.3 is 0 Å². The van der Waals surface area contributed by atoms with Crippen LogP contribution < -0.4 is 10.2 Å². The SMILES string of the molecule is CCCN(c1nc(NC)nc2ccccc12)C1CC1. The van der Waals surface area contributed by atoms with Gasteiger partial charge < -0.3 is 10.2 Å². The number of hydrogen-bond donors (Lipinski definition) is 1. The van der Waals surface area contributed by atoms with E-state index in [0.29, 0.717) is 12.0 Å². The van der Waals surface area contributed by atoms with E-state index in [1.54, 1.807) is 0 Å². The average molecular weight is 256 g/mol. The van der Waals surface area contributed by atoms with Gasteiger partial charge in [0.05, 0.1) is 5.52 Å². The molecule has 1 aromatic heterocycles. The summed E-state index contributed by atoms with van der Waals surface area (Å²) in [5, 5.41) is 4.22. The summed E-state index contributed by atoms with van der Waals surface area (Å²) >= 11 is 0. The molecular weight excluding hydrogens is 236 g/mol. The zero-order valence-corrected chi connectivity index (χ0v) is 11.6. The van der Waals surface area contributed by atoms with Gasteiger partial charge in [-0.15, -0.1) is 0 Å². The molecule has 1 aliphatic carbocycles. The van der Waals surface area contributed by atoms with Crippen LogP contribution in [0.3, 0.4) is 0 Å². The molecular formula is C15H20N4. The Morgan fingerprint density at radius 2 is 2.05 bits per heavy atom. The number of benzene rings is 1. The van der Waals surface area contributed by atoms with Crippen molar-refractivity contribution in [2.75, 3.05) is 23.8 Å². The lowest BCUT2D eigenvalue weighted by molar-refractivity contribution is 0.753. The third-order valence-corrected chi connectivity index (χ3v) is 3.53. The molecule has 0 aliphatic heterocycles. The van der Waals surface area contributed by atoms with E-state index in [2.05, 4.69) is 40.3 Å². The molecule has 19 heavy (non-hydrogen) atoms. The van der Waals surface area contributed by atoms with Crippen molar-refractivity contribution in [2.45, 2.75) is 32.2 Å². The summed E-state index contributed by atoms with van der Waals surface area (Å²) in [5.41, 5.74) is 1.01. The molecule has 1 aromatic carbocycles. The molecule has 1 aliphatic rings. The number of hydrogen-bond acceptors (Lipinski definition) is 4. The zero-order chi connectivity index (χ0) is 13.2. The molecule has 1 saturated carbocycles. The molecule has 1 heterocycles. The minimum absolute atomic E-state index is 0.669. The van der Waals surface area contributed by atoms with Crippen LogP contribution in [0.1, 0.15) is 26.2 Å². The van der Waals surface area contributed by atoms with Gasteiger partial charge in [-0.3, -0.25) is 0 Å². The van der Waals surface area contributed by atoms with Gasteiger partial charge in [0, 0.05) is 25.0 Å². The van der Waals surface area contributed by atoms with Crippen LogP contribution in [-0.4, -0.2) is 29.6 Å². The predicted molar refractivity (Wildman–Crippen MR) is 79.7 cm³/mol. The van der Waals surface area contributed by atoms with Gasteiger partial charge in [0.2, 0.25) is 5.95 Å². The highest BCUT2D eigenvalue weighted by atomic mass is 15.3. The van der Waals surface area contributed by atoms with Crippen molar-refractivity contribution in [2.24, 2.45) is 0 Å². The van der Waals surface area contributed by atoms with Gasteiger partial charge in [0.25, 0.3) is 0 Å². The van der Waals surface area contributed by atoms with Crippen molar-refractivity contribution in [3.8, 4) is 0 Å². The second-order valence-electron chi connectivity index (χ2n) is 5.06. The Morgan fingerprint density at radius 1 is 1.26 bits per heavy atom. The Hall–Kier alpha value is -1.84. The van der Waals surface area contributed by atoms with E-state index in [9.17, 15) is 0 Å². The number of para-hydroxylation sites is 1. The maximum Gasteiger partial charge on any atom is 0.224 e. The van der Waals surface area contributed by atoms with E-state index in [0.717, 1.165) is 29.7 Å². The standard InChI is InChI=1S/C15H20N4/c1-3-10-19(11-8-9-11)14-12-6-4-5-7-13(12)17-15(16-2)18-14/h4-7,11H,3,8-10H2,1-2H3,(H,16,17,18). The monoisotopic (exact) mass is 256 g/mol. The molecule has 1 N–H and O–H groups in total. The van der Waals surface area contributed by atoms with Crippen LogP contribution >= 0.6 is 0 Å². The number of aromatic nitrogens is 2. The Morgan fingerprint density at radius 3 is 2.74 bits per heavy atom. The summed E-state index contributed by atoms with van der Waals surface area (Å²) in [4.78, 5) is 11.7. The normalized spacial score (nSPS) is 14.6. The Labute approximate surface area is 113 Å². The molecule has 0 spiro atoms. The van der Waals surface area contributed by atoms with Gasteiger partial charge in [-0.05, 0) is 31.4 Å².